The van der Waals surface area contributed by atoms with E-state index in [1.165, 1.54) is 0 Å². The highest BCUT2D eigenvalue weighted by Crippen LogP contribution is 2.16. The van der Waals surface area contributed by atoms with Crippen molar-refractivity contribution in [1.29, 1.82) is 0 Å². The highest BCUT2D eigenvalue weighted by molar-refractivity contribution is 5.84. The van der Waals surface area contributed by atoms with Crippen molar-refractivity contribution < 1.29 is 4.79 Å². The first-order chi connectivity index (χ1) is 7.80. The summed E-state index contributed by atoms with van der Waals surface area (Å²) in [5, 5.41) is 3.04. The number of hydrogen-bond donors (Lipinski definition) is 2. The lowest BCUT2D eigenvalue weighted by Gasteiger charge is -2.44. The van der Waals surface area contributed by atoms with Gasteiger partial charge < -0.3 is 11.1 Å². The number of carbonyl (C=O) groups is 1. The van der Waals surface area contributed by atoms with Gasteiger partial charge in [-0.1, -0.05) is 0 Å². The van der Waals surface area contributed by atoms with Crippen LogP contribution in [-0.2, 0) is 4.79 Å². The molecule has 0 aromatic heterocycles. The van der Waals surface area contributed by atoms with E-state index in [4.69, 9.17) is 5.73 Å². The lowest BCUT2D eigenvalue weighted by Crippen LogP contribution is -2.63. The zero-order valence-electron chi connectivity index (χ0n) is 11.7. The molecule has 1 amide bonds. The summed E-state index contributed by atoms with van der Waals surface area (Å²) in [6.45, 7) is 8.91. The van der Waals surface area contributed by atoms with Gasteiger partial charge in [-0.05, 0) is 34.9 Å². The van der Waals surface area contributed by atoms with Gasteiger partial charge in [0, 0.05) is 31.7 Å². The number of carbonyl (C=O) groups excluding carboxylic acids is 1. The Morgan fingerprint density at radius 1 is 1.41 bits per heavy atom. The molecule has 3 unspecified atom stereocenters. The summed E-state index contributed by atoms with van der Waals surface area (Å²) in [7, 11) is 3.94. The SMILES string of the molecule is CNC(C)(CN1CC(C)N(C)C(C)C1)C(N)=O. The molecule has 0 aromatic carbocycles. The average Bonchev–Trinajstić information content (AvgIpc) is 2.25. The van der Waals surface area contributed by atoms with E-state index in [0.29, 0.717) is 18.6 Å². The predicted molar refractivity (Wildman–Crippen MR) is 69.8 cm³/mol. The van der Waals surface area contributed by atoms with Crippen LogP contribution < -0.4 is 11.1 Å². The Labute approximate surface area is 104 Å². The van der Waals surface area contributed by atoms with Crippen molar-refractivity contribution >= 4 is 5.91 Å². The van der Waals surface area contributed by atoms with Crippen molar-refractivity contribution in [3.05, 3.63) is 0 Å². The van der Waals surface area contributed by atoms with Crippen LogP contribution >= 0.6 is 0 Å². The predicted octanol–water partition coefficient (Wildman–Crippen LogP) is -0.526. The molecule has 0 spiro atoms. The van der Waals surface area contributed by atoms with Gasteiger partial charge in [0.15, 0.2) is 0 Å². The van der Waals surface area contributed by atoms with Crippen molar-refractivity contribution in [3.63, 3.8) is 0 Å². The van der Waals surface area contributed by atoms with Crippen LogP contribution in [0.5, 0.6) is 0 Å². The van der Waals surface area contributed by atoms with E-state index in [0.717, 1.165) is 13.1 Å². The van der Waals surface area contributed by atoms with Crippen molar-refractivity contribution in [1.82, 2.24) is 15.1 Å². The maximum atomic E-state index is 11.5. The second kappa shape index (κ2) is 5.33. The molecule has 1 fully saturated rings. The maximum Gasteiger partial charge on any atom is 0.238 e. The highest BCUT2D eigenvalue weighted by Gasteiger charge is 2.35. The molecule has 1 rings (SSSR count). The molecule has 0 bridgehead atoms. The number of nitrogens with two attached hydrogens (primary N) is 1. The van der Waals surface area contributed by atoms with E-state index in [1.807, 2.05) is 6.92 Å². The number of amides is 1. The third kappa shape index (κ3) is 3.18. The summed E-state index contributed by atoms with van der Waals surface area (Å²) in [5.74, 6) is -0.292. The van der Waals surface area contributed by atoms with Crippen molar-refractivity contribution in [2.75, 3.05) is 33.7 Å². The third-order valence-corrected chi connectivity index (χ3v) is 4.07. The second-order valence-electron chi connectivity index (χ2n) is 5.50. The summed E-state index contributed by atoms with van der Waals surface area (Å²) in [6, 6.07) is 1.01. The summed E-state index contributed by atoms with van der Waals surface area (Å²) in [4.78, 5) is 16.2. The minimum Gasteiger partial charge on any atom is -0.368 e. The van der Waals surface area contributed by atoms with Crippen LogP contribution in [0, 0.1) is 0 Å². The first-order valence-electron chi connectivity index (χ1n) is 6.23. The van der Waals surface area contributed by atoms with Gasteiger partial charge >= 0.3 is 0 Å². The van der Waals surface area contributed by atoms with Gasteiger partial charge in [0.25, 0.3) is 0 Å². The van der Waals surface area contributed by atoms with Gasteiger partial charge in [0.2, 0.25) is 5.91 Å². The van der Waals surface area contributed by atoms with Crippen LogP contribution in [-0.4, -0.2) is 67.1 Å². The molecule has 1 aliphatic rings. The van der Waals surface area contributed by atoms with Crippen molar-refractivity contribution in [2.24, 2.45) is 5.73 Å². The fraction of sp³-hybridized carbons (Fsp3) is 0.917. The number of likely N-dealkylation sites (N-methyl/N-ethyl adjacent to an activating group) is 2. The van der Waals surface area contributed by atoms with E-state index >= 15 is 0 Å². The summed E-state index contributed by atoms with van der Waals surface area (Å²) < 4.78 is 0. The van der Waals surface area contributed by atoms with Gasteiger partial charge in [-0.3, -0.25) is 14.6 Å². The number of hydrogen-bond acceptors (Lipinski definition) is 4. The third-order valence-electron chi connectivity index (χ3n) is 4.07. The maximum absolute atomic E-state index is 11.5. The molecule has 17 heavy (non-hydrogen) atoms. The molecule has 0 radical (unpaired) electrons. The van der Waals surface area contributed by atoms with E-state index in [9.17, 15) is 4.79 Å². The van der Waals surface area contributed by atoms with Crippen molar-refractivity contribution in [2.45, 2.75) is 38.4 Å². The van der Waals surface area contributed by atoms with E-state index in [1.54, 1.807) is 7.05 Å². The summed E-state index contributed by atoms with van der Waals surface area (Å²) in [6.07, 6.45) is 0. The van der Waals surface area contributed by atoms with Crippen LogP contribution in [0.15, 0.2) is 0 Å². The Morgan fingerprint density at radius 3 is 2.24 bits per heavy atom. The highest BCUT2D eigenvalue weighted by atomic mass is 16.1. The van der Waals surface area contributed by atoms with Gasteiger partial charge in [0.1, 0.15) is 5.54 Å². The molecule has 0 saturated carbocycles. The molecule has 100 valence electrons. The minimum atomic E-state index is -0.644. The summed E-state index contributed by atoms with van der Waals surface area (Å²) >= 11 is 0. The normalized spacial score (nSPS) is 31.1. The van der Waals surface area contributed by atoms with Gasteiger partial charge in [-0.25, -0.2) is 0 Å². The molecule has 0 aliphatic carbocycles. The molecular formula is C12H26N4O. The molecule has 3 atom stereocenters. The van der Waals surface area contributed by atoms with E-state index in [-0.39, 0.29) is 5.91 Å². The fourth-order valence-electron chi connectivity index (χ4n) is 2.37. The molecule has 1 heterocycles. The second-order valence-corrected chi connectivity index (χ2v) is 5.50. The molecule has 0 aromatic rings. The molecule has 3 N–H and O–H groups in total. The molecule has 1 saturated heterocycles. The van der Waals surface area contributed by atoms with Crippen LogP contribution in [0.4, 0.5) is 0 Å². The molecule has 1 aliphatic heterocycles. The topological polar surface area (TPSA) is 61.6 Å². The first kappa shape index (κ1) is 14.4. The van der Waals surface area contributed by atoms with Crippen LogP contribution in [0.2, 0.25) is 0 Å². The molecular weight excluding hydrogens is 216 g/mol. The molecule has 5 nitrogen and oxygen atoms in total. The zero-order chi connectivity index (χ0) is 13.2. The first-order valence-corrected chi connectivity index (χ1v) is 6.23. The van der Waals surface area contributed by atoms with Gasteiger partial charge in [0.05, 0.1) is 0 Å². The number of primary amides is 1. The Bertz CT molecular complexity index is 272. The quantitative estimate of drug-likeness (QED) is 0.696. The minimum absolute atomic E-state index is 0.292. The smallest absolute Gasteiger partial charge is 0.238 e. The van der Waals surface area contributed by atoms with Crippen LogP contribution in [0.1, 0.15) is 20.8 Å². The van der Waals surface area contributed by atoms with Crippen LogP contribution in [0.25, 0.3) is 0 Å². The number of nitrogens with zero attached hydrogens (tertiary/aromatic N) is 2. The van der Waals surface area contributed by atoms with Crippen molar-refractivity contribution in [3.8, 4) is 0 Å². The summed E-state index contributed by atoms with van der Waals surface area (Å²) in [5.41, 5.74) is 4.81. The monoisotopic (exact) mass is 242 g/mol. The molecule has 5 heteroatoms. The van der Waals surface area contributed by atoms with Gasteiger partial charge in [-0.2, -0.15) is 0 Å². The fourth-order valence-corrected chi connectivity index (χ4v) is 2.37. The zero-order valence-corrected chi connectivity index (χ0v) is 11.7. The Morgan fingerprint density at radius 2 is 1.88 bits per heavy atom. The lowest BCUT2D eigenvalue weighted by molar-refractivity contribution is -0.124. The average molecular weight is 242 g/mol. The largest absolute Gasteiger partial charge is 0.368 e. The number of piperazine rings is 1. The lowest BCUT2D eigenvalue weighted by atomic mass is 9.99. The Hall–Kier alpha value is -0.650. The van der Waals surface area contributed by atoms with Crippen LogP contribution in [0.3, 0.4) is 0 Å². The number of nitrogens with one attached hydrogen (secondary N) is 1. The van der Waals surface area contributed by atoms with Gasteiger partial charge in [-0.15, -0.1) is 0 Å². The standard InChI is InChI=1S/C12H26N4O/c1-9-6-16(7-10(2)15(9)5)8-12(3,14-4)11(13)17/h9-10,14H,6-8H2,1-5H3,(H2,13,17). The Kier molecular flexibility index (Phi) is 4.52. The number of rotatable bonds is 4. The Balaban J connectivity index is 2.66. The van der Waals surface area contributed by atoms with E-state index in [2.05, 4.69) is 36.0 Å². The van der Waals surface area contributed by atoms with E-state index < -0.39 is 5.54 Å².